The van der Waals surface area contributed by atoms with Gasteiger partial charge in [0.05, 0.1) is 23.8 Å². The minimum absolute atomic E-state index is 0. The molecule has 2 nitrogen and oxygen atoms in total. The van der Waals surface area contributed by atoms with Crippen LogP contribution in [0.25, 0.3) is 33.3 Å². The first-order valence-electron chi connectivity index (χ1n) is 10.9. The van der Waals surface area contributed by atoms with Gasteiger partial charge >= 0.3 is 21.1 Å². The van der Waals surface area contributed by atoms with E-state index < -0.39 is 0 Å². The van der Waals surface area contributed by atoms with Crippen molar-refractivity contribution in [2.45, 2.75) is 6.92 Å². The number of pyridine rings is 2. The summed E-state index contributed by atoms with van der Waals surface area (Å²) in [5.74, 6) is 0. The van der Waals surface area contributed by atoms with Gasteiger partial charge in [0, 0.05) is 14.1 Å². The van der Waals surface area contributed by atoms with Crippen molar-refractivity contribution in [1.82, 2.24) is 0 Å². The third-order valence-electron chi connectivity index (χ3n) is 5.69. The molecular formula is C31H28N2Pt+2. The molecule has 5 aromatic rings. The Morgan fingerprint density at radius 1 is 0.618 bits per heavy atom. The third-order valence-corrected chi connectivity index (χ3v) is 5.69. The largest absolute Gasteiger partial charge is 4.00 e. The Morgan fingerprint density at radius 3 is 1.85 bits per heavy atom. The minimum atomic E-state index is 0. The molecule has 0 radical (unpaired) electrons. The van der Waals surface area contributed by atoms with Gasteiger partial charge in [0.1, 0.15) is 0 Å². The summed E-state index contributed by atoms with van der Waals surface area (Å²) in [6.07, 6.45) is 3.96. The van der Waals surface area contributed by atoms with Gasteiger partial charge in [0.15, 0.2) is 0 Å². The van der Waals surface area contributed by atoms with Gasteiger partial charge in [-0.2, -0.15) is 37.1 Å². The fourth-order valence-corrected chi connectivity index (χ4v) is 3.95. The number of aryl methyl sites for hydroxylation is 1. The van der Waals surface area contributed by atoms with Gasteiger partial charge in [-0.1, -0.05) is 54.1 Å². The molecule has 0 saturated heterocycles. The Labute approximate surface area is 217 Å². The van der Waals surface area contributed by atoms with Crippen molar-refractivity contribution in [2.24, 2.45) is 0 Å². The molecule has 34 heavy (non-hydrogen) atoms. The molecule has 0 atom stereocenters. The predicted octanol–water partition coefficient (Wildman–Crippen LogP) is 6.39. The van der Waals surface area contributed by atoms with Crippen LogP contribution in [0.1, 0.15) is 16.7 Å². The molecule has 0 N–H and O–H groups in total. The Morgan fingerprint density at radius 2 is 1.18 bits per heavy atom. The van der Waals surface area contributed by atoms with Crippen LogP contribution >= 0.6 is 0 Å². The number of hydrogen-bond donors (Lipinski definition) is 0. The number of fused-ring (bicyclic) bond motifs is 1. The van der Waals surface area contributed by atoms with E-state index in [1.54, 1.807) is 0 Å². The van der Waals surface area contributed by atoms with Gasteiger partial charge in [-0.05, 0) is 23.8 Å². The summed E-state index contributed by atoms with van der Waals surface area (Å²) in [6.45, 7) is 10.2. The van der Waals surface area contributed by atoms with E-state index in [0.717, 1.165) is 33.6 Å². The van der Waals surface area contributed by atoms with E-state index in [1.165, 1.54) is 16.3 Å². The summed E-state index contributed by atoms with van der Waals surface area (Å²) in [6, 6.07) is 30.8. The summed E-state index contributed by atoms with van der Waals surface area (Å²) in [4.78, 5) is 0. The van der Waals surface area contributed by atoms with Crippen molar-refractivity contribution in [3.8, 4) is 22.5 Å². The van der Waals surface area contributed by atoms with Crippen molar-refractivity contribution in [3.05, 3.63) is 148 Å². The average Bonchev–Trinajstić information content (AvgIpc) is 2.82. The van der Waals surface area contributed by atoms with Gasteiger partial charge in [0.2, 0.25) is 0 Å². The fraction of sp³-hybridized carbons (Fsp3) is 0.0323. The van der Waals surface area contributed by atoms with Crippen LogP contribution < -0.4 is 9.13 Å². The molecular weight excluding hydrogens is 595 g/mol. The van der Waals surface area contributed by atoms with Gasteiger partial charge in [-0.15, -0.1) is 35.4 Å². The standard InChI is InChI=1S/C17H14N.C14H14N.Pt/c1-13-7-3-5-9-15(13)17-16-10-6-4-8-14(16)11-12-18(17)2;1-11-8-9-15(3)14(10-11)13-7-5-4-6-12(13)2;/h3-12H,1-2H2;4-10H,2-3H2,1H3;/q2*-1;+4. The zero-order chi connectivity index (χ0) is 23.4. The Bertz CT molecular complexity index is 1420. The van der Waals surface area contributed by atoms with E-state index >= 15 is 0 Å². The molecule has 0 saturated carbocycles. The van der Waals surface area contributed by atoms with Crippen LogP contribution in [-0.4, -0.2) is 0 Å². The summed E-state index contributed by atoms with van der Waals surface area (Å²) in [7, 11) is 8.05. The normalized spacial score (nSPS) is 10.1. The Hall–Kier alpha value is -3.61. The van der Waals surface area contributed by atoms with Gasteiger partial charge in [-0.3, -0.25) is 0 Å². The number of rotatable bonds is 2. The quantitative estimate of drug-likeness (QED) is 0.159. The minimum Gasteiger partial charge on any atom is -0.343 e. The summed E-state index contributed by atoms with van der Waals surface area (Å²) in [5.41, 5.74) is 7.75. The molecule has 3 aromatic carbocycles. The summed E-state index contributed by atoms with van der Waals surface area (Å²) in [5, 5.41) is 2.42. The van der Waals surface area contributed by atoms with Crippen molar-refractivity contribution in [1.29, 1.82) is 0 Å². The molecule has 0 unspecified atom stereocenters. The monoisotopic (exact) mass is 623 g/mol. The Kier molecular flexibility index (Phi) is 8.10. The first kappa shape index (κ1) is 25.0. The van der Waals surface area contributed by atoms with Gasteiger partial charge < -0.3 is 9.13 Å². The van der Waals surface area contributed by atoms with Crippen LogP contribution in [0.3, 0.4) is 0 Å². The van der Waals surface area contributed by atoms with E-state index in [-0.39, 0.29) is 21.1 Å². The fourth-order valence-electron chi connectivity index (χ4n) is 3.95. The van der Waals surface area contributed by atoms with Crippen molar-refractivity contribution < 1.29 is 30.2 Å². The first-order chi connectivity index (χ1) is 16.0. The molecule has 2 heterocycles. The zero-order valence-corrected chi connectivity index (χ0v) is 21.6. The molecule has 0 aliphatic heterocycles. The van der Waals surface area contributed by atoms with Gasteiger partial charge in [0.25, 0.3) is 0 Å². The second-order valence-electron chi connectivity index (χ2n) is 8.09. The summed E-state index contributed by atoms with van der Waals surface area (Å²) < 4.78 is 3.78. The average molecular weight is 624 g/mol. The molecule has 3 heteroatoms. The maximum absolute atomic E-state index is 4.10. The molecule has 0 bridgehead atoms. The predicted molar refractivity (Wildman–Crippen MR) is 137 cm³/mol. The topological polar surface area (TPSA) is 7.76 Å². The van der Waals surface area contributed by atoms with Crippen LogP contribution in [0.5, 0.6) is 0 Å². The van der Waals surface area contributed by atoms with Crippen LogP contribution in [0.2, 0.25) is 0 Å². The smallest absolute Gasteiger partial charge is 0.343 e. The van der Waals surface area contributed by atoms with E-state index in [4.69, 9.17) is 0 Å². The maximum Gasteiger partial charge on any atom is 4.00 e. The van der Waals surface area contributed by atoms with Gasteiger partial charge in [-0.25, -0.2) is 0 Å². The van der Waals surface area contributed by atoms with Crippen LogP contribution in [0, 0.1) is 34.9 Å². The molecule has 5 rings (SSSR count). The second kappa shape index (κ2) is 11.0. The van der Waals surface area contributed by atoms with Crippen LogP contribution in [-0.2, 0) is 21.1 Å². The third kappa shape index (κ3) is 5.30. The van der Waals surface area contributed by atoms with Crippen molar-refractivity contribution >= 4 is 10.8 Å². The first-order valence-corrected chi connectivity index (χ1v) is 10.9. The molecule has 0 spiro atoms. The zero-order valence-electron chi connectivity index (χ0n) is 19.4. The molecule has 0 amide bonds. The second-order valence-corrected chi connectivity index (χ2v) is 8.09. The number of nitrogens with zero attached hydrogens (tertiary/aromatic N) is 2. The van der Waals surface area contributed by atoms with Crippen molar-refractivity contribution in [3.63, 3.8) is 0 Å². The molecule has 0 aliphatic rings. The van der Waals surface area contributed by atoms with E-state index in [9.17, 15) is 0 Å². The van der Waals surface area contributed by atoms with Crippen molar-refractivity contribution in [2.75, 3.05) is 0 Å². The van der Waals surface area contributed by atoms with Crippen LogP contribution in [0.4, 0.5) is 0 Å². The number of hydrogen-bond acceptors (Lipinski definition) is 0. The molecule has 170 valence electrons. The molecule has 2 aromatic heterocycles. The Balaban J connectivity index is 0.000000188. The van der Waals surface area contributed by atoms with E-state index in [2.05, 4.69) is 83.4 Å². The van der Waals surface area contributed by atoms with E-state index in [1.807, 2.05) is 64.0 Å². The molecule has 0 aliphatic carbocycles. The SMILES string of the molecule is [CH2-]c1ccccc1-c1c2ccccc2cc[n+]1[CH2-].[CH2-]c1ccccc1-c1cc(C)cc[n+]1[CH2-].[Pt+4]. The molecule has 0 fully saturated rings. The number of benzene rings is 3. The number of aromatic nitrogens is 2. The maximum atomic E-state index is 4.10. The summed E-state index contributed by atoms with van der Waals surface area (Å²) >= 11 is 0. The van der Waals surface area contributed by atoms with E-state index in [0.29, 0.717) is 0 Å². The van der Waals surface area contributed by atoms with Crippen LogP contribution in [0.15, 0.2) is 103 Å².